The first-order chi connectivity index (χ1) is 13.6. The molecule has 2 aromatic rings. The molecule has 2 aromatic carbocycles. The molecule has 0 saturated carbocycles. The Hall–Kier alpha value is -3.28. The molecule has 0 aliphatic carbocycles. The number of hydrogen-bond acceptors (Lipinski definition) is 4. The average molecular weight is 380 g/mol. The summed E-state index contributed by atoms with van der Waals surface area (Å²) >= 11 is 0. The van der Waals surface area contributed by atoms with Crippen LogP contribution in [0.2, 0.25) is 0 Å². The fraction of sp³-hybridized carbons (Fsp3) is 0.273. The maximum Gasteiger partial charge on any atom is 0.338 e. The molecule has 0 saturated heterocycles. The number of benzene rings is 2. The van der Waals surface area contributed by atoms with Gasteiger partial charge in [-0.3, -0.25) is 4.90 Å². The van der Waals surface area contributed by atoms with Crippen molar-refractivity contribution in [1.82, 2.24) is 5.32 Å². The molecule has 2 amide bonds. The predicted octanol–water partition coefficient (Wildman–Crippen LogP) is 4.19. The van der Waals surface area contributed by atoms with E-state index in [-0.39, 0.29) is 12.6 Å². The SMILES string of the molecule is CCOC(=O)C1=C(C)N(c2ccccc2)C(=O)NC1c1cccc(OCC)c1. The lowest BCUT2D eigenvalue weighted by atomic mass is 9.94. The van der Waals surface area contributed by atoms with Gasteiger partial charge in [-0.15, -0.1) is 0 Å². The summed E-state index contributed by atoms with van der Waals surface area (Å²) < 4.78 is 10.9. The zero-order chi connectivity index (χ0) is 20.1. The smallest absolute Gasteiger partial charge is 0.338 e. The van der Waals surface area contributed by atoms with Crippen LogP contribution in [0, 0.1) is 0 Å². The van der Waals surface area contributed by atoms with E-state index in [2.05, 4.69) is 5.32 Å². The molecule has 146 valence electrons. The monoisotopic (exact) mass is 380 g/mol. The molecule has 28 heavy (non-hydrogen) atoms. The molecule has 1 aliphatic heterocycles. The van der Waals surface area contributed by atoms with Gasteiger partial charge >= 0.3 is 12.0 Å². The first-order valence-corrected chi connectivity index (χ1v) is 9.33. The first-order valence-electron chi connectivity index (χ1n) is 9.33. The summed E-state index contributed by atoms with van der Waals surface area (Å²) in [5.74, 6) is 0.230. The van der Waals surface area contributed by atoms with Gasteiger partial charge in [0.2, 0.25) is 0 Å². The van der Waals surface area contributed by atoms with Crippen molar-refractivity contribution < 1.29 is 19.1 Å². The third-order valence-corrected chi connectivity index (χ3v) is 4.50. The fourth-order valence-electron chi connectivity index (χ4n) is 3.30. The van der Waals surface area contributed by atoms with Gasteiger partial charge in [0.05, 0.1) is 30.5 Å². The summed E-state index contributed by atoms with van der Waals surface area (Å²) in [6.07, 6.45) is 0. The highest BCUT2D eigenvalue weighted by Gasteiger charge is 2.37. The zero-order valence-corrected chi connectivity index (χ0v) is 16.3. The lowest BCUT2D eigenvalue weighted by Gasteiger charge is -2.35. The van der Waals surface area contributed by atoms with Gasteiger partial charge in [-0.2, -0.15) is 0 Å². The molecule has 0 bridgehead atoms. The van der Waals surface area contributed by atoms with E-state index in [9.17, 15) is 9.59 Å². The predicted molar refractivity (Wildman–Crippen MR) is 107 cm³/mol. The molecule has 6 nitrogen and oxygen atoms in total. The van der Waals surface area contributed by atoms with Gasteiger partial charge in [-0.1, -0.05) is 30.3 Å². The minimum absolute atomic E-state index is 0.251. The van der Waals surface area contributed by atoms with Crippen LogP contribution in [-0.2, 0) is 9.53 Å². The van der Waals surface area contributed by atoms with E-state index < -0.39 is 12.0 Å². The van der Waals surface area contributed by atoms with Crippen LogP contribution in [-0.4, -0.2) is 25.2 Å². The van der Waals surface area contributed by atoms with Crippen molar-refractivity contribution in [1.29, 1.82) is 0 Å². The van der Waals surface area contributed by atoms with E-state index in [0.717, 1.165) is 5.56 Å². The Morgan fingerprint density at radius 2 is 1.82 bits per heavy atom. The van der Waals surface area contributed by atoms with Gasteiger partial charge in [0, 0.05) is 5.70 Å². The van der Waals surface area contributed by atoms with Crippen molar-refractivity contribution in [3.05, 3.63) is 71.4 Å². The number of esters is 1. The standard InChI is InChI=1S/C22H24N2O4/c1-4-27-18-13-9-10-16(14-18)20-19(21(25)28-5-2)15(3)24(22(26)23-20)17-11-7-6-8-12-17/h6-14,20H,4-5H2,1-3H3,(H,23,26). The number of ether oxygens (including phenoxy) is 2. The number of carbonyl (C=O) groups is 2. The van der Waals surface area contributed by atoms with Crippen molar-refractivity contribution in [3.8, 4) is 5.75 Å². The number of hydrogen-bond donors (Lipinski definition) is 1. The van der Waals surface area contributed by atoms with E-state index in [1.54, 1.807) is 13.8 Å². The highest BCUT2D eigenvalue weighted by Crippen LogP contribution is 2.35. The van der Waals surface area contributed by atoms with E-state index in [0.29, 0.717) is 29.3 Å². The topological polar surface area (TPSA) is 67.9 Å². The van der Waals surface area contributed by atoms with Crippen LogP contribution in [0.5, 0.6) is 5.75 Å². The molecule has 6 heteroatoms. The van der Waals surface area contributed by atoms with Crippen molar-refractivity contribution in [2.75, 3.05) is 18.1 Å². The van der Waals surface area contributed by atoms with Crippen molar-refractivity contribution in [3.63, 3.8) is 0 Å². The Kier molecular flexibility index (Phi) is 5.99. The van der Waals surface area contributed by atoms with Gasteiger partial charge < -0.3 is 14.8 Å². The lowest BCUT2D eigenvalue weighted by Crippen LogP contribution is -2.48. The number of nitrogens with one attached hydrogen (secondary N) is 1. The van der Waals surface area contributed by atoms with Gasteiger partial charge in [-0.25, -0.2) is 9.59 Å². The Morgan fingerprint density at radius 1 is 1.07 bits per heavy atom. The summed E-state index contributed by atoms with van der Waals surface area (Å²) in [6.45, 7) is 6.20. The molecule has 1 N–H and O–H groups in total. The van der Waals surface area contributed by atoms with Crippen LogP contribution in [0.15, 0.2) is 65.9 Å². The Bertz CT molecular complexity index is 892. The number of urea groups is 1. The molecular weight excluding hydrogens is 356 g/mol. The second-order valence-corrected chi connectivity index (χ2v) is 6.28. The molecule has 0 aromatic heterocycles. The molecule has 1 aliphatic rings. The number of amides is 2. The summed E-state index contributed by atoms with van der Waals surface area (Å²) in [4.78, 5) is 27.2. The van der Waals surface area contributed by atoms with Crippen molar-refractivity contribution in [2.45, 2.75) is 26.8 Å². The highest BCUT2D eigenvalue weighted by molar-refractivity contribution is 6.03. The Morgan fingerprint density at radius 3 is 2.50 bits per heavy atom. The number of carbonyl (C=O) groups excluding carboxylic acids is 2. The van der Waals surface area contributed by atoms with E-state index >= 15 is 0 Å². The molecule has 1 heterocycles. The van der Waals surface area contributed by atoms with Crippen molar-refractivity contribution >= 4 is 17.7 Å². The van der Waals surface area contributed by atoms with Crippen LogP contribution in [0.1, 0.15) is 32.4 Å². The average Bonchev–Trinajstić information content (AvgIpc) is 2.69. The van der Waals surface area contributed by atoms with Crippen LogP contribution < -0.4 is 15.0 Å². The van der Waals surface area contributed by atoms with Crippen LogP contribution in [0.4, 0.5) is 10.5 Å². The summed E-state index contributed by atoms with van der Waals surface area (Å²) in [7, 11) is 0. The molecule has 0 spiro atoms. The molecule has 0 fully saturated rings. The van der Waals surface area contributed by atoms with Gasteiger partial charge in [0.15, 0.2) is 0 Å². The molecule has 0 radical (unpaired) electrons. The maximum absolute atomic E-state index is 12.9. The highest BCUT2D eigenvalue weighted by atomic mass is 16.5. The van der Waals surface area contributed by atoms with Gasteiger partial charge in [0.1, 0.15) is 5.75 Å². The minimum atomic E-state index is -0.619. The van der Waals surface area contributed by atoms with Gasteiger partial charge in [-0.05, 0) is 50.6 Å². The second-order valence-electron chi connectivity index (χ2n) is 6.28. The summed E-state index contributed by atoms with van der Waals surface area (Å²) in [6, 6.07) is 15.7. The van der Waals surface area contributed by atoms with Gasteiger partial charge in [0.25, 0.3) is 0 Å². The quantitative estimate of drug-likeness (QED) is 0.763. The van der Waals surface area contributed by atoms with E-state index in [4.69, 9.17) is 9.47 Å². The normalized spacial score (nSPS) is 16.6. The second kappa shape index (κ2) is 8.61. The summed E-state index contributed by atoms with van der Waals surface area (Å²) in [5, 5.41) is 2.94. The molecule has 3 rings (SSSR count). The number of allylic oxidation sites excluding steroid dienone is 1. The van der Waals surface area contributed by atoms with E-state index in [1.165, 1.54) is 4.90 Å². The third-order valence-electron chi connectivity index (χ3n) is 4.50. The maximum atomic E-state index is 12.9. The summed E-state index contributed by atoms with van der Waals surface area (Å²) in [5.41, 5.74) is 2.38. The first kappa shape index (κ1) is 19.5. The third kappa shape index (κ3) is 3.86. The largest absolute Gasteiger partial charge is 0.494 e. The molecule has 1 atom stereocenters. The fourth-order valence-corrected chi connectivity index (χ4v) is 3.30. The van der Waals surface area contributed by atoms with Crippen molar-refractivity contribution in [2.24, 2.45) is 0 Å². The minimum Gasteiger partial charge on any atom is -0.494 e. The molecule has 1 unspecified atom stereocenters. The zero-order valence-electron chi connectivity index (χ0n) is 16.3. The Labute approximate surface area is 164 Å². The van der Waals surface area contributed by atoms with E-state index in [1.807, 2.05) is 61.5 Å². The number of para-hydroxylation sites is 1. The van der Waals surface area contributed by atoms with Crippen LogP contribution in [0.25, 0.3) is 0 Å². The molecular formula is C22H24N2O4. The number of anilines is 1. The Balaban J connectivity index is 2.10. The van der Waals surface area contributed by atoms with Crippen LogP contribution >= 0.6 is 0 Å². The lowest BCUT2D eigenvalue weighted by molar-refractivity contribution is -0.139. The van der Waals surface area contributed by atoms with Crippen LogP contribution in [0.3, 0.4) is 0 Å². The number of nitrogens with zero attached hydrogens (tertiary/aromatic N) is 1. The number of rotatable bonds is 6.